The second-order valence-corrected chi connectivity index (χ2v) is 10.1. The normalized spacial score (nSPS) is 52.4. The summed E-state index contributed by atoms with van der Waals surface area (Å²) in [7, 11) is 0. The van der Waals surface area contributed by atoms with Crippen LogP contribution in [0.3, 0.4) is 0 Å². The fraction of sp³-hybridized carbons (Fsp3) is 1.00. The predicted molar refractivity (Wildman–Crippen MR) is 99.1 cm³/mol. The molecule has 0 aromatic rings. The highest BCUT2D eigenvalue weighted by molar-refractivity contribution is 5.11. The van der Waals surface area contributed by atoms with E-state index in [4.69, 9.17) is 9.47 Å². The van der Waals surface area contributed by atoms with E-state index in [1.165, 1.54) is 25.7 Å². The van der Waals surface area contributed by atoms with Crippen molar-refractivity contribution in [2.24, 2.45) is 34.5 Å². The van der Waals surface area contributed by atoms with Crippen molar-refractivity contribution >= 4 is 0 Å². The zero-order valence-corrected chi connectivity index (χ0v) is 16.7. The van der Waals surface area contributed by atoms with Gasteiger partial charge in [0, 0.05) is 11.8 Å². The molecule has 25 heavy (non-hydrogen) atoms. The summed E-state index contributed by atoms with van der Waals surface area (Å²) >= 11 is 0. The van der Waals surface area contributed by atoms with E-state index >= 15 is 0 Å². The molecule has 4 aliphatic rings. The number of ether oxygens (including phenoxy) is 2. The van der Waals surface area contributed by atoms with Crippen LogP contribution in [0.4, 0.5) is 0 Å². The molecule has 0 radical (unpaired) electrons. The van der Waals surface area contributed by atoms with Gasteiger partial charge in [-0.25, -0.2) is 0 Å². The molecule has 1 aliphatic heterocycles. The quantitative estimate of drug-likeness (QED) is 0.780. The summed E-state index contributed by atoms with van der Waals surface area (Å²) in [6, 6.07) is 0. The molecule has 4 fully saturated rings. The van der Waals surface area contributed by atoms with Crippen LogP contribution in [0.15, 0.2) is 0 Å². The standard InChI is InChI=1S/C22H38O3/c1-5-16-14-15(2)6-9-20(16,3)17-7-10-21(4)18(19(17)23)8-11-22(21)24-12-13-25-22/h15-19,23H,5-14H2,1-4H3/t15-,16-,17?,18?,19+,20-,21-/m0/s1. The second-order valence-electron chi connectivity index (χ2n) is 10.1. The minimum Gasteiger partial charge on any atom is -0.393 e. The Kier molecular flexibility index (Phi) is 4.53. The van der Waals surface area contributed by atoms with Gasteiger partial charge in [0.1, 0.15) is 0 Å². The first-order chi connectivity index (χ1) is 11.9. The zero-order valence-electron chi connectivity index (χ0n) is 16.7. The number of aliphatic hydroxyl groups is 1. The minimum atomic E-state index is -0.407. The van der Waals surface area contributed by atoms with Crippen molar-refractivity contribution in [2.45, 2.75) is 91.0 Å². The monoisotopic (exact) mass is 350 g/mol. The van der Waals surface area contributed by atoms with Crippen molar-refractivity contribution in [1.82, 2.24) is 0 Å². The Morgan fingerprint density at radius 2 is 1.64 bits per heavy atom. The van der Waals surface area contributed by atoms with Gasteiger partial charge in [-0.05, 0) is 61.2 Å². The SMILES string of the molecule is CC[C@H]1C[C@@H](C)CC[C@]1(C)C1CC[C@@]2(C)C(CCC23OCCO3)[C@@H]1O. The van der Waals surface area contributed by atoms with Crippen LogP contribution in [-0.2, 0) is 9.47 Å². The molecule has 0 amide bonds. The summed E-state index contributed by atoms with van der Waals surface area (Å²) in [5, 5.41) is 11.5. The Morgan fingerprint density at radius 1 is 0.960 bits per heavy atom. The van der Waals surface area contributed by atoms with Gasteiger partial charge >= 0.3 is 0 Å². The maximum atomic E-state index is 11.5. The molecule has 3 nitrogen and oxygen atoms in total. The number of fused-ring (bicyclic) bond motifs is 2. The largest absolute Gasteiger partial charge is 0.393 e. The summed E-state index contributed by atoms with van der Waals surface area (Å²) in [6.45, 7) is 11.0. The van der Waals surface area contributed by atoms with Crippen molar-refractivity contribution in [3.8, 4) is 0 Å². The third kappa shape index (κ3) is 2.48. The van der Waals surface area contributed by atoms with Crippen molar-refractivity contribution in [3.05, 3.63) is 0 Å². The average molecular weight is 351 g/mol. The molecule has 0 bridgehead atoms. The molecule has 1 saturated heterocycles. The molecular formula is C22H38O3. The minimum absolute atomic E-state index is 0.0144. The highest BCUT2D eigenvalue weighted by Gasteiger charge is 2.66. The van der Waals surface area contributed by atoms with E-state index < -0.39 is 5.79 Å². The molecule has 2 unspecified atom stereocenters. The van der Waals surface area contributed by atoms with Gasteiger partial charge < -0.3 is 14.6 Å². The Morgan fingerprint density at radius 3 is 2.32 bits per heavy atom. The Balaban J connectivity index is 1.59. The molecule has 7 atom stereocenters. The molecule has 1 N–H and O–H groups in total. The Bertz CT molecular complexity index is 500. The summed E-state index contributed by atoms with van der Waals surface area (Å²) in [5.41, 5.74) is 0.286. The third-order valence-corrected chi connectivity index (χ3v) is 9.16. The maximum Gasteiger partial charge on any atom is 0.174 e. The van der Waals surface area contributed by atoms with Crippen LogP contribution in [0.2, 0.25) is 0 Å². The van der Waals surface area contributed by atoms with Gasteiger partial charge in [-0.1, -0.05) is 40.5 Å². The molecule has 4 rings (SSSR count). The number of hydrogen-bond acceptors (Lipinski definition) is 3. The lowest BCUT2D eigenvalue weighted by Crippen LogP contribution is -2.56. The van der Waals surface area contributed by atoms with Gasteiger partial charge in [0.15, 0.2) is 5.79 Å². The van der Waals surface area contributed by atoms with Gasteiger partial charge in [0.2, 0.25) is 0 Å². The molecule has 1 heterocycles. The lowest BCUT2D eigenvalue weighted by Gasteiger charge is -2.56. The van der Waals surface area contributed by atoms with Crippen molar-refractivity contribution in [1.29, 1.82) is 0 Å². The van der Waals surface area contributed by atoms with Crippen molar-refractivity contribution in [2.75, 3.05) is 13.2 Å². The average Bonchev–Trinajstić information content (AvgIpc) is 3.18. The van der Waals surface area contributed by atoms with E-state index in [1.807, 2.05) is 0 Å². The second kappa shape index (κ2) is 6.21. The van der Waals surface area contributed by atoms with Gasteiger partial charge in [-0.2, -0.15) is 0 Å². The van der Waals surface area contributed by atoms with Crippen LogP contribution in [0.25, 0.3) is 0 Å². The molecule has 0 aromatic heterocycles. The van der Waals surface area contributed by atoms with Gasteiger partial charge in [0.25, 0.3) is 0 Å². The van der Waals surface area contributed by atoms with Crippen LogP contribution >= 0.6 is 0 Å². The summed E-state index contributed by atoms with van der Waals surface area (Å²) in [5.74, 6) is 1.97. The lowest BCUT2D eigenvalue weighted by atomic mass is 9.50. The van der Waals surface area contributed by atoms with E-state index in [9.17, 15) is 5.11 Å². The van der Waals surface area contributed by atoms with Gasteiger partial charge in [0.05, 0.1) is 19.3 Å². The van der Waals surface area contributed by atoms with Crippen LogP contribution < -0.4 is 0 Å². The van der Waals surface area contributed by atoms with E-state index in [0.717, 1.165) is 50.7 Å². The molecule has 0 aromatic carbocycles. The first-order valence-electron chi connectivity index (χ1n) is 10.8. The highest BCUT2D eigenvalue weighted by Crippen LogP contribution is 2.65. The number of aliphatic hydroxyl groups excluding tert-OH is 1. The smallest absolute Gasteiger partial charge is 0.174 e. The predicted octanol–water partition coefficient (Wildman–Crippen LogP) is 4.77. The van der Waals surface area contributed by atoms with Gasteiger partial charge in [-0.15, -0.1) is 0 Å². The van der Waals surface area contributed by atoms with E-state index in [2.05, 4.69) is 27.7 Å². The third-order valence-electron chi connectivity index (χ3n) is 9.16. The summed E-state index contributed by atoms with van der Waals surface area (Å²) in [4.78, 5) is 0. The van der Waals surface area contributed by atoms with Crippen molar-refractivity contribution in [3.63, 3.8) is 0 Å². The molecular weight excluding hydrogens is 312 g/mol. The molecule has 3 heteroatoms. The fourth-order valence-electron chi connectivity index (χ4n) is 7.47. The first-order valence-corrected chi connectivity index (χ1v) is 10.8. The molecule has 1 spiro atoms. The maximum absolute atomic E-state index is 11.5. The van der Waals surface area contributed by atoms with Crippen LogP contribution in [-0.4, -0.2) is 30.2 Å². The first kappa shape index (κ1) is 18.3. The molecule has 3 saturated carbocycles. The van der Waals surface area contributed by atoms with Crippen molar-refractivity contribution < 1.29 is 14.6 Å². The molecule has 3 aliphatic carbocycles. The van der Waals surface area contributed by atoms with Crippen LogP contribution in [0.5, 0.6) is 0 Å². The summed E-state index contributed by atoms with van der Waals surface area (Å²) < 4.78 is 12.3. The molecule has 144 valence electrons. The van der Waals surface area contributed by atoms with Crippen LogP contribution in [0.1, 0.15) is 79.1 Å². The Labute approximate surface area is 153 Å². The van der Waals surface area contributed by atoms with Crippen LogP contribution in [0, 0.1) is 34.5 Å². The topological polar surface area (TPSA) is 38.7 Å². The fourth-order valence-corrected chi connectivity index (χ4v) is 7.47. The number of rotatable bonds is 2. The van der Waals surface area contributed by atoms with E-state index in [0.29, 0.717) is 17.3 Å². The zero-order chi connectivity index (χ0) is 17.9. The lowest BCUT2D eigenvalue weighted by molar-refractivity contribution is -0.249. The highest BCUT2D eigenvalue weighted by atomic mass is 16.7. The Hall–Kier alpha value is -0.120. The number of hydrogen-bond donors (Lipinski definition) is 1. The van der Waals surface area contributed by atoms with E-state index in [1.54, 1.807) is 0 Å². The summed E-state index contributed by atoms with van der Waals surface area (Å²) in [6.07, 6.45) is 9.30. The van der Waals surface area contributed by atoms with E-state index in [-0.39, 0.29) is 11.5 Å². The van der Waals surface area contributed by atoms with Gasteiger partial charge in [-0.3, -0.25) is 0 Å².